The molecule has 0 radical (unpaired) electrons. The molecule has 0 heterocycles. The molecule has 1 rings (SSSR count). The maximum Gasteiger partial charge on any atom is 0.0446 e. The largest absolute Gasteiger partial charge is 0.396 e. The summed E-state index contributed by atoms with van der Waals surface area (Å²) in [4.78, 5) is 0. The Kier molecular flexibility index (Phi) is 5.03. The van der Waals surface area contributed by atoms with Gasteiger partial charge in [-0.3, -0.25) is 0 Å². The lowest BCUT2D eigenvalue weighted by Crippen LogP contribution is -2.48. The molecule has 1 fully saturated rings. The van der Waals surface area contributed by atoms with Crippen LogP contribution < -0.4 is 5.32 Å². The van der Waals surface area contributed by atoms with E-state index in [1.54, 1.807) is 0 Å². The highest BCUT2D eigenvalue weighted by atomic mass is 16.3. The highest BCUT2D eigenvalue weighted by Crippen LogP contribution is 2.36. The van der Waals surface area contributed by atoms with E-state index in [0.717, 1.165) is 6.42 Å². The molecule has 0 spiro atoms. The highest BCUT2D eigenvalue weighted by Gasteiger charge is 2.32. The smallest absolute Gasteiger partial charge is 0.0446 e. The van der Waals surface area contributed by atoms with E-state index in [1.807, 2.05) is 0 Å². The van der Waals surface area contributed by atoms with Crippen LogP contribution in [0.2, 0.25) is 0 Å². The summed E-state index contributed by atoms with van der Waals surface area (Å²) in [5, 5.41) is 13.0. The van der Waals surface area contributed by atoms with E-state index in [9.17, 15) is 5.11 Å². The second-order valence-electron chi connectivity index (χ2n) is 7.56. The third kappa shape index (κ3) is 4.97. The zero-order valence-corrected chi connectivity index (χ0v) is 12.3. The van der Waals surface area contributed by atoms with Gasteiger partial charge in [-0.1, -0.05) is 41.0 Å². The Labute approximate surface area is 107 Å². The molecule has 0 bridgehead atoms. The maximum atomic E-state index is 9.19. The van der Waals surface area contributed by atoms with Crippen molar-refractivity contribution in [3.8, 4) is 0 Å². The van der Waals surface area contributed by atoms with Crippen molar-refractivity contribution >= 4 is 0 Å². The Bertz CT molecular complexity index is 230. The monoisotopic (exact) mass is 241 g/mol. The van der Waals surface area contributed by atoms with Crippen molar-refractivity contribution in [3.05, 3.63) is 0 Å². The number of rotatable bonds is 4. The number of hydrogen-bond acceptors (Lipinski definition) is 2. The van der Waals surface area contributed by atoms with E-state index in [0.29, 0.717) is 17.5 Å². The minimum atomic E-state index is 0.227. The van der Waals surface area contributed by atoms with Gasteiger partial charge < -0.3 is 10.4 Å². The summed E-state index contributed by atoms with van der Waals surface area (Å²) >= 11 is 0. The second kappa shape index (κ2) is 5.71. The van der Waals surface area contributed by atoms with Gasteiger partial charge in [0.25, 0.3) is 0 Å². The van der Waals surface area contributed by atoms with E-state index in [1.165, 1.54) is 25.7 Å². The summed E-state index contributed by atoms with van der Waals surface area (Å²) in [5.74, 6) is 0. The predicted molar refractivity (Wildman–Crippen MR) is 74.1 cm³/mol. The molecule has 1 aliphatic carbocycles. The standard InChI is InChI=1S/C15H31NO/c1-14(2,3)13(8-10-17)16-12-7-6-9-15(4,5)11-12/h12-13,16-17H,6-11H2,1-5H3. The first-order valence-electron chi connectivity index (χ1n) is 7.11. The molecule has 0 aliphatic heterocycles. The fourth-order valence-electron chi connectivity index (χ4n) is 3.02. The van der Waals surface area contributed by atoms with Crippen molar-refractivity contribution in [2.75, 3.05) is 6.61 Å². The first-order chi connectivity index (χ1) is 7.74. The molecule has 0 aromatic heterocycles. The molecule has 2 N–H and O–H groups in total. The molecule has 2 atom stereocenters. The molecule has 1 saturated carbocycles. The third-order valence-electron chi connectivity index (χ3n) is 4.11. The second-order valence-corrected chi connectivity index (χ2v) is 7.56. The summed E-state index contributed by atoms with van der Waals surface area (Å²) in [6, 6.07) is 1.06. The maximum absolute atomic E-state index is 9.19. The van der Waals surface area contributed by atoms with Crippen LogP contribution in [0.25, 0.3) is 0 Å². The molecule has 17 heavy (non-hydrogen) atoms. The van der Waals surface area contributed by atoms with Gasteiger partial charge in [-0.15, -0.1) is 0 Å². The normalized spacial score (nSPS) is 26.8. The molecule has 0 aromatic rings. The van der Waals surface area contributed by atoms with Crippen LogP contribution in [0.1, 0.15) is 66.7 Å². The van der Waals surface area contributed by atoms with E-state index in [-0.39, 0.29) is 12.0 Å². The molecule has 2 unspecified atom stereocenters. The minimum absolute atomic E-state index is 0.227. The van der Waals surface area contributed by atoms with Crippen molar-refractivity contribution < 1.29 is 5.11 Å². The van der Waals surface area contributed by atoms with Crippen LogP contribution in [0, 0.1) is 10.8 Å². The number of aliphatic hydroxyl groups excluding tert-OH is 1. The van der Waals surface area contributed by atoms with Crippen LogP contribution in [0.3, 0.4) is 0 Å². The first-order valence-corrected chi connectivity index (χ1v) is 7.11. The van der Waals surface area contributed by atoms with E-state index < -0.39 is 0 Å². The molecule has 0 saturated heterocycles. The lowest BCUT2D eigenvalue weighted by molar-refractivity contribution is 0.141. The van der Waals surface area contributed by atoms with Crippen LogP contribution in [0.5, 0.6) is 0 Å². The van der Waals surface area contributed by atoms with Gasteiger partial charge in [0, 0.05) is 18.7 Å². The lowest BCUT2D eigenvalue weighted by Gasteiger charge is -2.40. The molecule has 102 valence electrons. The Balaban J connectivity index is 2.55. The summed E-state index contributed by atoms with van der Waals surface area (Å²) in [6.07, 6.45) is 6.11. The SMILES string of the molecule is CC1(C)CCCC(NC(CCO)C(C)(C)C)C1. The fourth-order valence-corrected chi connectivity index (χ4v) is 3.02. The van der Waals surface area contributed by atoms with E-state index in [4.69, 9.17) is 0 Å². The van der Waals surface area contributed by atoms with Gasteiger partial charge in [-0.25, -0.2) is 0 Å². The van der Waals surface area contributed by atoms with Gasteiger partial charge in [0.15, 0.2) is 0 Å². The van der Waals surface area contributed by atoms with E-state index >= 15 is 0 Å². The summed E-state index contributed by atoms with van der Waals surface area (Å²) in [6.45, 7) is 11.8. The molecular formula is C15H31NO. The lowest BCUT2D eigenvalue weighted by atomic mass is 9.74. The van der Waals surface area contributed by atoms with Crippen LogP contribution in [0.4, 0.5) is 0 Å². The Morgan fingerprint density at radius 1 is 1.35 bits per heavy atom. The van der Waals surface area contributed by atoms with Gasteiger partial charge in [-0.05, 0) is 36.5 Å². The molecule has 0 aromatic carbocycles. The Morgan fingerprint density at radius 2 is 2.00 bits per heavy atom. The van der Waals surface area contributed by atoms with Gasteiger partial charge in [0.2, 0.25) is 0 Å². The van der Waals surface area contributed by atoms with Crippen LogP contribution in [-0.4, -0.2) is 23.8 Å². The molecular weight excluding hydrogens is 210 g/mol. The third-order valence-corrected chi connectivity index (χ3v) is 4.11. The van der Waals surface area contributed by atoms with Gasteiger partial charge >= 0.3 is 0 Å². The number of aliphatic hydroxyl groups is 1. The summed E-state index contributed by atoms with van der Waals surface area (Å²) < 4.78 is 0. The van der Waals surface area contributed by atoms with Gasteiger partial charge in [-0.2, -0.15) is 0 Å². The summed E-state index contributed by atoms with van der Waals surface area (Å²) in [5.41, 5.74) is 0.710. The van der Waals surface area contributed by atoms with Crippen LogP contribution >= 0.6 is 0 Å². The number of nitrogens with one attached hydrogen (secondary N) is 1. The van der Waals surface area contributed by atoms with E-state index in [2.05, 4.69) is 39.9 Å². The minimum Gasteiger partial charge on any atom is -0.396 e. The zero-order chi connectivity index (χ0) is 13.1. The van der Waals surface area contributed by atoms with Crippen LogP contribution in [0.15, 0.2) is 0 Å². The average Bonchev–Trinajstić information content (AvgIpc) is 2.14. The van der Waals surface area contributed by atoms with Crippen molar-refractivity contribution in [3.63, 3.8) is 0 Å². The molecule has 2 heteroatoms. The summed E-state index contributed by atoms with van der Waals surface area (Å²) in [7, 11) is 0. The van der Waals surface area contributed by atoms with Crippen molar-refractivity contribution in [1.29, 1.82) is 0 Å². The van der Waals surface area contributed by atoms with Crippen LogP contribution in [-0.2, 0) is 0 Å². The Hall–Kier alpha value is -0.0800. The Morgan fingerprint density at radius 3 is 2.47 bits per heavy atom. The fraction of sp³-hybridized carbons (Fsp3) is 1.00. The quantitative estimate of drug-likeness (QED) is 0.791. The first kappa shape index (κ1) is 15.0. The van der Waals surface area contributed by atoms with Crippen molar-refractivity contribution in [2.24, 2.45) is 10.8 Å². The van der Waals surface area contributed by atoms with Crippen molar-refractivity contribution in [2.45, 2.75) is 78.8 Å². The van der Waals surface area contributed by atoms with Gasteiger partial charge in [0.05, 0.1) is 0 Å². The predicted octanol–water partition coefficient (Wildman–Crippen LogP) is 3.34. The highest BCUT2D eigenvalue weighted by molar-refractivity contribution is 4.89. The number of hydrogen-bond donors (Lipinski definition) is 2. The zero-order valence-electron chi connectivity index (χ0n) is 12.3. The molecule has 0 amide bonds. The van der Waals surface area contributed by atoms with Crippen molar-refractivity contribution in [1.82, 2.24) is 5.32 Å². The molecule has 2 nitrogen and oxygen atoms in total. The van der Waals surface area contributed by atoms with Gasteiger partial charge in [0.1, 0.15) is 0 Å². The topological polar surface area (TPSA) is 32.3 Å². The average molecular weight is 241 g/mol. The molecule has 1 aliphatic rings.